The van der Waals surface area contributed by atoms with Gasteiger partial charge in [-0.1, -0.05) is 30.3 Å². The Balaban J connectivity index is 1.30. The summed E-state index contributed by atoms with van der Waals surface area (Å²) in [6.07, 6.45) is 10.8. The van der Waals surface area contributed by atoms with Gasteiger partial charge in [0.05, 0.1) is 11.2 Å². The summed E-state index contributed by atoms with van der Waals surface area (Å²) >= 11 is -0.755. The van der Waals surface area contributed by atoms with Gasteiger partial charge in [-0.2, -0.15) is 0 Å². The molecule has 2 heterocycles. The van der Waals surface area contributed by atoms with Crippen molar-refractivity contribution in [1.82, 2.24) is 8.96 Å². The third-order valence-electron chi connectivity index (χ3n) is 5.86. The van der Waals surface area contributed by atoms with Crippen molar-refractivity contribution in [1.29, 1.82) is 0 Å². The van der Waals surface area contributed by atoms with E-state index in [1.54, 1.807) is 0 Å². The molecule has 1 aromatic carbocycles. The molecule has 1 aliphatic heterocycles. The number of benzene rings is 1. The van der Waals surface area contributed by atoms with E-state index >= 15 is 0 Å². The van der Waals surface area contributed by atoms with Crippen LogP contribution >= 0.6 is 11.1 Å². The fourth-order valence-electron chi connectivity index (χ4n) is 4.41. The fraction of sp³-hybridized carbons (Fsp3) is 0.500. The van der Waals surface area contributed by atoms with Gasteiger partial charge in [-0.25, -0.2) is 9.98 Å². The number of fused-ring (bicyclic) bond motifs is 1. The van der Waals surface area contributed by atoms with E-state index in [0.29, 0.717) is 17.8 Å². The number of aromatic nitrogens is 2. The summed E-state index contributed by atoms with van der Waals surface area (Å²) in [5.74, 6) is 2.66. The van der Waals surface area contributed by atoms with E-state index in [4.69, 9.17) is 4.99 Å². The molecule has 0 spiro atoms. The van der Waals surface area contributed by atoms with Crippen LogP contribution in [0.1, 0.15) is 37.7 Å². The van der Waals surface area contributed by atoms with Gasteiger partial charge < -0.3 is 5.11 Å². The van der Waals surface area contributed by atoms with Gasteiger partial charge in [0.15, 0.2) is 5.82 Å². The highest BCUT2D eigenvalue weighted by Gasteiger charge is 2.42. The van der Waals surface area contributed by atoms with Crippen LogP contribution in [0.2, 0.25) is 0 Å². The third-order valence-corrected chi connectivity index (χ3v) is 8.49. The molecule has 4 unspecified atom stereocenters. The predicted octanol–water partition coefficient (Wildman–Crippen LogP) is 4.08. The van der Waals surface area contributed by atoms with E-state index in [0.717, 1.165) is 25.1 Å². The summed E-state index contributed by atoms with van der Waals surface area (Å²) in [6.45, 7) is 0. The summed E-state index contributed by atoms with van der Waals surface area (Å²) in [4.78, 5) is 9.07. The summed E-state index contributed by atoms with van der Waals surface area (Å²) in [6, 6.07) is 10.8. The lowest BCUT2D eigenvalue weighted by atomic mass is 9.97. The first-order valence-electron chi connectivity index (χ1n) is 9.42. The summed E-state index contributed by atoms with van der Waals surface area (Å²) < 4.78 is 2.16. The number of imidazole rings is 1. The van der Waals surface area contributed by atoms with Crippen LogP contribution in [0.4, 0.5) is 5.82 Å². The van der Waals surface area contributed by atoms with Gasteiger partial charge in [-0.15, -0.1) is 11.1 Å². The summed E-state index contributed by atoms with van der Waals surface area (Å²) in [5, 5.41) is 12.5. The molecule has 25 heavy (non-hydrogen) atoms. The minimum atomic E-state index is -0.755. The molecule has 2 saturated carbocycles. The molecule has 0 saturated heterocycles. The van der Waals surface area contributed by atoms with Crippen molar-refractivity contribution in [3.63, 3.8) is 0 Å². The molecule has 3 aliphatic rings. The quantitative estimate of drug-likeness (QED) is 0.794. The molecule has 2 aromatic rings. The zero-order chi connectivity index (χ0) is 16.8. The van der Waals surface area contributed by atoms with Crippen molar-refractivity contribution in [2.24, 2.45) is 22.7 Å². The smallest absolute Gasteiger partial charge is 0.162 e. The Kier molecular flexibility index (Phi) is 3.94. The van der Waals surface area contributed by atoms with Crippen molar-refractivity contribution >= 4 is 21.9 Å². The van der Waals surface area contributed by atoms with E-state index in [1.807, 2.05) is 12.5 Å². The van der Waals surface area contributed by atoms with Crippen molar-refractivity contribution < 1.29 is 5.11 Å². The Morgan fingerprint density at radius 3 is 2.80 bits per heavy atom. The van der Waals surface area contributed by atoms with Gasteiger partial charge in [0, 0.05) is 5.92 Å². The standard InChI is InChI=1S/C20H25N3OS/c24-20(17-7-6-15(11-17)10-14-4-2-1-3-5-14)25-19(16-8-9-16)22-18-12-21-13-23(18)25/h1-5,12-13,15-17,20,24-25H,6-11H2. The topological polar surface area (TPSA) is 50.4 Å². The van der Waals surface area contributed by atoms with Crippen molar-refractivity contribution in [3.8, 4) is 0 Å². The molecule has 2 fully saturated rings. The van der Waals surface area contributed by atoms with Gasteiger partial charge in [-0.3, -0.25) is 3.97 Å². The molecule has 5 rings (SSSR count). The monoisotopic (exact) mass is 355 g/mol. The van der Waals surface area contributed by atoms with Crippen LogP contribution in [0.25, 0.3) is 0 Å². The third kappa shape index (κ3) is 2.93. The Bertz CT molecular complexity index is 783. The van der Waals surface area contributed by atoms with Crippen molar-refractivity contribution in [2.45, 2.75) is 44.0 Å². The zero-order valence-electron chi connectivity index (χ0n) is 14.3. The normalized spacial score (nSPS) is 30.9. The van der Waals surface area contributed by atoms with Crippen LogP contribution in [0.3, 0.4) is 0 Å². The molecule has 0 bridgehead atoms. The average Bonchev–Trinajstić information content (AvgIpc) is 3.04. The molecule has 4 atom stereocenters. The number of aliphatic hydroxyl groups excluding tert-OH is 1. The van der Waals surface area contributed by atoms with Crippen LogP contribution in [-0.4, -0.2) is 24.5 Å². The number of rotatable bonds is 5. The maximum Gasteiger partial charge on any atom is 0.162 e. The SMILES string of the molecule is OC(C1CCC(Cc2ccccc2)C1)[SH]1C(C2CC2)=Nc2cncn21. The number of nitrogens with zero attached hydrogens (tertiary/aromatic N) is 3. The highest BCUT2D eigenvalue weighted by molar-refractivity contribution is 8.29. The molecule has 132 valence electrons. The number of aliphatic imine (C=N–C) groups is 1. The van der Waals surface area contributed by atoms with Crippen LogP contribution in [0.15, 0.2) is 47.8 Å². The molecule has 1 N–H and O–H groups in total. The average molecular weight is 356 g/mol. The van der Waals surface area contributed by atoms with E-state index in [-0.39, 0.29) is 5.44 Å². The first-order valence-corrected chi connectivity index (χ1v) is 10.8. The fourth-order valence-corrected chi connectivity index (χ4v) is 7.15. The van der Waals surface area contributed by atoms with Crippen LogP contribution < -0.4 is 0 Å². The van der Waals surface area contributed by atoms with E-state index < -0.39 is 11.1 Å². The molecule has 0 radical (unpaired) electrons. The minimum Gasteiger partial charge on any atom is -0.382 e. The molecular weight excluding hydrogens is 330 g/mol. The van der Waals surface area contributed by atoms with E-state index in [1.165, 1.54) is 29.9 Å². The predicted molar refractivity (Wildman–Crippen MR) is 103 cm³/mol. The number of hydrogen-bond donors (Lipinski definition) is 2. The van der Waals surface area contributed by atoms with Gasteiger partial charge in [-0.05, 0) is 55.9 Å². The Morgan fingerprint density at radius 1 is 1.16 bits per heavy atom. The molecule has 0 amide bonds. The first kappa shape index (κ1) is 15.6. The highest BCUT2D eigenvalue weighted by atomic mass is 32.2. The second-order valence-electron chi connectivity index (χ2n) is 7.73. The maximum absolute atomic E-state index is 11.2. The lowest BCUT2D eigenvalue weighted by Gasteiger charge is -2.30. The summed E-state index contributed by atoms with van der Waals surface area (Å²) in [5.41, 5.74) is 1.15. The lowest BCUT2D eigenvalue weighted by molar-refractivity contribution is 0.189. The molecule has 1 aromatic heterocycles. The maximum atomic E-state index is 11.2. The van der Waals surface area contributed by atoms with Crippen molar-refractivity contribution in [3.05, 3.63) is 48.4 Å². The molecule has 5 heteroatoms. The second-order valence-corrected chi connectivity index (χ2v) is 9.84. The largest absolute Gasteiger partial charge is 0.382 e. The van der Waals surface area contributed by atoms with Gasteiger partial charge in [0.2, 0.25) is 0 Å². The molecule has 4 nitrogen and oxygen atoms in total. The minimum absolute atomic E-state index is 0.273. The lowest BCUT2D eigenvalue weighted by Crippen LogP contribution is -2.24. The zero-order valence-corrected chi connectivity index (χ0v) is 15.2. The number of aliphatic hydroxyl groups is 1. The van der Waals surface area contributed by atoms with E-state index in [2.05, 4.69) is 39.3 Å². The highest BCUT2D eigenvalue weighted by Crippen LogP contribution is 2.55. The Labute approximate surface area is 151 Å². The van der Waals surface area contributed by atoms with Gasteiger partial charge in [0.25, 0.3) is 0 Å². The Hall–Kier alpha value is -1.59. The molecular formula is C20H25N3OS. The number of thiol groups is 1. The van der Waals surface area contributed by atoms with Crippen LogP contribution in [0, 0.1) is 17.8 Å². The van der Waals surface area contributed by atoms with E-state index in [9.17, 15) is 5.11 Å². The molecule has 2 aliphatic carbocycles. The summed E-state index contributed by atoms with van der Waals surface area (Å²) in [7, 11) is 0. The van der Waals surface area contributed by atoms with Gasteiger partial charge >= 0.3 is 0 Å². The first-order chi connectivity index (χ1) is 12.3. The second kappa shape index (κ2) is 6.29. The van der Waals surface area contributed by atoms with Crippen LogP contribution in [-0.2, 0) is 6.42 Å². The number of hydrogen-bond acceptors (Lipinski definition) is 3. The Morgan fingerprint density at radius 2 is 2.00 bits per heavy atom. The van der Waals surface area contributed by atoms with Crippen molar-refractivity contribution in [2.75, 3.05) is 0 Å². The van der Waals surface area contributed by atoms with Gasteiger partial charge in [0.1, 0.15) is 11.8 Å². The van der Waals surface area contributed by atoms with Crippen LogP contribution in [0.5, 0.6) is 0 Å².